The topological polar surface area (TPSA) is 96.0 Å². The molecule has 0 saturated carbocycles. The van der Waals surface area contributed by atoms with Gasteiger partial charge < -0.3 is 11.1 Å². The summed E-state index contributed by atoms with van der Waals surface area (Å²) in [5, 5.41) is 10.8. The molecule has 0 spiro atoms. The minimum Gasteiger partial charge on any atom is -0.368 e. The van der Waals surface area contributed by atoms with Gasteiger partial charge in [0, 0.05) is 5.92 Å². The van der Waals surface area contributed by atoms with Crippen molar-refractivity contribution >= 4 is 11.8 Å². The first-order valence-corrected chi connectivity index (χ1v) is 6.32. The van der Waals surface area contributed by atoms with Gasteiger partial charge in [0.1, 0.15) is 6.04 Å². The van der Waals surface area contributed by atoms with Crippen molar-refractivity contribution in [1.29, 1.82) is 5.26 Å². The maximum absolute atomic E-state index is 12.9. The molecule has 1 aromatic carbocycles. The Kier molecular flexibility index (Phi) is 5.51. The molecule has 118 valence electrons. The van der Waals surface area contributed by atoms with Crippen LogP contribution in [0.3, 0.4) is 0 Å². The van der Waals surface area contributed by atoms with Crippen molar-refractivity contribution in [3.05, 3.63) is 35.4 Å². The molecule has 0 bridgehead atoms. The highest BCUT2D eigenvalue weighted by Crippen LogP contribution is 2.31. The van der Waals surface area contributed by atoms with Crippen LogP contribution in [0.25, 0.3) is 0 Å². The second-order valence-corrected chi connectivity index (χ2v) is 4.74. The fourth-order valence-corrected chi connectivity index (χ4v) is 1.82. The zero-order chi connectivity index (χ0) is 16.9. The molecule has 1 rings (SSSR count). The highest BCUT2D eigenvalue weighted by atomic mass is 19.4. The van der Waals surface area contributed by atoms with Crippen molar-refractivity contribution in [2.75, 3.05) is 0 Å². The Morgan fingerprint density at radius 2 is 1.95 bits per heavy atom. The van der Waals surface area contributed by atoms with E-state index in [1.807, 2.05) is 6.07 Å². The summed E-state index contributed by atoms with van der Waals surface area (Å²) in [5.74, 6) is -2.57. The van der Waals surface area contributed by atoms with E-state index in [9.17, 15) is 22.8 Å². The number of nitrogens with two attached hydrogens (primary N) is 1. The fraction of sp³-hybridized carbons (Fsp3) is 0.357. The predicted octanol–water partition coefficient (Wildman–Crippen LogP) is 1.84. The van der Waals surface area contributed by atoms with Crippen LogP contribution in [0, 0.1) is 17.2 Å². The van der Waals surface area contributed by atoms with E-state index in [-0.39, 0.29) is 6.42 Å². The Balaban J connectivity index is 3.02. The molecule has 0 aliphatic rings. The molecule has 0 saturated heterocycles. The van der Waals surface area contributed by atoms with Gasteiger partial charge in [0.25, 0.3) is 5.91 Å². The van der Waals surface area contributed by atoms with Gasteiger partial charge in [-0.2, -0.15) is 18.4 Å². The van der Waals surface area contributed by atoms with Crippen LogP contribution in [0.15, 0.2) is 24.3 Å². The highest BCUT2D eigenvalue weighted by Gasteiger charge is 2.35. The number of hydrogen-bond donors (Lipinski definition) is 2. The van der Waals surface area contributed by atoms with Crippen molar-refractivity contribution in [2.24, 2.45) is 11.7 Å². The van der Waals surface area contributed by atoms with E-state index in [1.54, 1.807) is 0 Å². The Morgan fingerprint density at radius 3 is 2.45 bits per heavy atom. The molecule has 0 heterocycles. The number of nitrogens with zero attached hydrogens (tertiary/aromatic N) is 1. The number of carbonyl (C=O) groups is 2. The van der Waals surface area contributed by atoms with Crippen molar-refractivity contribution in [2.45, 2.75) is 25.6 Å². The lowest BCUT2D eigenvalue weighted by Gasteiger charge is -2.18. The Morgan fingerprint density at radius 1 is 1.36 bits per heavy atom. The minimum atomic E-state index is -4.70. The molecule has 1 aromatic rings. The van der Waals surface area contributed by atoms with Gasteiger partial charge in [-0.3, -0.25) is 9.59 Å². The van der Waals surface area contributed by atoms with Crippen LogP contribution in [-0.2, 0) is 11.0 Å². The average molecular weight is 313 g/mol. The lowest BCUT2D eigenvalue weighted by atomic mass is 10.0. The lowest BCUT2D eigenvalue weighted by molar-refractivity contribution is -0.137. The first-order chi connectivity index (χ1) is 10.2. The molecular formula is C14H14F3N3O2. The van der Waals surface area contributed by atoms with Crippen LogP contribution in [0.4, 0.5) is 13.2 Å². The van der Waals surface area contributed by atoms with E-state index in [0.717, 1.165) is 18.2 Å². The number of hydrogen-bond acceptors (Lipinski definition) is 3. The second kappa shape index (κ2) is 6.93. The van der Waals surface area contributed by atoms with Crippen LogP contribution < -0.4 is 11.1 Å². The summed E-state index contributed by atoms with van der Waals surface area (Å²) < 4.78 is 38.6. The molecular weight excluding hydrogens is 299 g/mol. The van der Waals surface area contributed by atoms with Crippen molar-refractivity contribution in [1.82, 2.24) is 5.32 Å². The zero-order valence-corrected chi connectivity index (χ0v) is 11.6. The monoisotopic (exact) mass is 313 g/mol. The Bertz CT molecular complexity index is 608. The van der Waals surface area contributed by atoms with E-state index < -0.39 is 41.1 Å². The molecule has 2 atom stereocenters. The summed E-state index contributed by atoms with van der Waals surface area (Å²) in [6.07, 6.45) is -4.78. The number of nitrogens with one attached hydrogen (secondary N) is 1. The third kappa shape index (κ3) is 4.48. The molecule has 2 amide bonds. The zero-order valence-electron chi connectivity index (χ0n) is 11.6. The molecule has 5 nitrogen and oxygen atoms in total. The lowest BCUT2D eigenvalue weighted by Crippen LogP contribution is -2.45. The van der Waals surface area contributed by atoms with Gasteiger partial charge in [-0.15, -0.1) is 0 Å². The normalized spacial score (nSPS) is 13.8. The van der Waals surface area contributed by atoms with Gasteiger partial charge in [0.05, 0.1) is 17.2 Å². The molecule has 0 aliphatic carbocycles. The van der Waals surface area contributed by atoms with Gasteiger partial charge >= 0.3 is 6.18 Å². The third-order valence-electron chi connectivity index (χ3n) is 2.94. The standard InChI is InChI=1S/C14H14F3N3O2/c1-8(7-18)6-11(12(19)21)20-13(22)9-4-2-3-5-10(9)14(15,16)17/h2-5,8,11H,6H2,1H3,(H2,19,21)(H,20,22)/t8-,11-/m1/s1. The second-order valence-electron chi connectivity index (χ2n) is 4.74. The van der Waals surface area contributed by atoms with Gasteiger partial charge in [-0.25, -0.2) is 0 Å². The van der Waals surface area contributed by atoms with Crippen LogP contribution in [-0.4, -0.2) is 17.9 Å². The largest absolute Gasteiger partial charge is 0.417 e. The predicted molar refractivity (Wildman–Crippen MR) is 71.3 cm³/mol. The number of rotatable bonds is 5. The van der Waals surface area contributed by atoms with Gasteiger partial charge in [-0.05, 0) is 25.5 Å². The van der Waals surface area contributed by atoms with Gasteiger partial charge in [0.15, 0.2) is 0 Å². The van der Waals surface area contributed by atoms with E-state index in [0.29, 0.717) is 0 Å². The van der Waals surface area contributed by atoms with Crippen LogP contribution in [0.1, 0.15) is 29.3 Å². The number of amides is 2. The Labute approximate surface area is 124 Å². The maximum Gasteiger partial charge on any atom is 0.417 e. The first-order valence-electron chi connectivity index (χ1n) is 6.32. The summed E-state index contributed by atoms with van der Waals surface area (Å²) in [7, 11) is 0. The molecule has 3 N–H and O–H groups in total. The first kappa shape index (κ1) is 17.5. The molecule has 22 heavy (non-hydrogen) atoms. The number of nitriles is 1. The van der Waals surface area contributed by atoms with Crippen LogP contribution in [0.2, 0.25) is 0 Å². The van der Waals surface area contributed by atoms with Gasteiger partial charge in [0.2, 0.25) is 5.91 Å². The SMILES string of the molecule is C[C@@H](C#N)C[C@@H](NC(=O)c1ccccc1C(F)(F)F)C(N)=O. The van der Waals surface area contributed by atoms with E-state index in [1.165, 1.54) is 13.0 Å². The number of carbonyl (C=O) groups excluding carboxylic acids is 2. The maximum atomic E-state index is 12.9. The average Bonchev–Trinajstić information content (AvgIpc) is 2.45. The van der Waals surface area contributed by atoms with E-state index in [4.69, 9.17) is 11.0 Å². The molecule has 0 aliphatic heterocycles. The van der Waals surface area contributed by atoms with Gasteiger partial charge in [-0.1, -0.05) is 12.1 Å². The van der Waals surface area contributed by atoms with Crippen LogP contribution >= 0.6 is 0 Å². The number of alkyl halides is 3. The third-order valence-corrected chi connectivity index (χ3v) is 2.94. The van der Waals surface area contributed by atoms with Crippen molar-refractivity contribution in [3.8, 4) is 6.07 Å². The molecule has 8 heteroatoms. The fourth-order valence-electron chi connectivity index (χ4n) is 1.82. The minimum absolute atomic E-state index is 0.0776. The van der Waals surface area contributed by atoms with Crippen molar-refractivity contribution < 1.29 is 22.8 Å². The highest BCUT2D eigenvalue weighted by molar-refractivity contribution is 5.98. The number of benzene rings is 1. The molecule has 0 aromatic heterocycles. The molecule has 0 unspecified atom stereocenters. The number of halogens is 3. The smallest absolute Gasteiger partial charge is 0.368 e. The van der Waals surface area contributed by atoms with Crippen molar-refractivity contribution in [3.63, 3.8) is 0 Å². The molecule has 0 fully saturated rings. The summed E-state index contributed by atoms with van der Waals surface area (Å²) >= 11 is 0. The van der Waals surface area contributed by atoms with E-state index >= 15 is 0 Å². The van der Waals surface area contributed by atoms with Crippen LogP contribution in [0.5, 0.6) is 0 Å². The summed E-state index contributed by atoms with van der Waals surface area (Å²) in [6.45, 7) is 1.51. The Hall–Kier alpha value is -2.56. The summed E-state index contributed by atoms with van der Waals surface area (Å²) in [5.41, 5.74) is 3.39. The summed E-state index contributed by atoms with van der Waals surface area (Å²) in [6, 6.07) is 4.85. The quantitative estimate of drug-likeness (QED) is 0.868. The number of primary amides is 1. The van der Waals surface area contributed by atoms with E-state index in [2.05, 4.69) is 5.32 Å². The summed E-state index contributed by atoms with van der Waals surface area (Å²) in [4.78, 5) is 23.3. The molecule has 0 radical (unpaired) electrons.